The lowest BCUT2D eigenvalue weighted by molar-refractivity contribution is 0.325. The van der Waals surface area contributed by atoms with Gasteiger partial charge in [0.25, 0.3) is 0 Å². The van der Waals surface area contributed by atoms with Gasteiger partial charge < -0.3 is 15.0 Å². The molecule has 0 aliphatic heterocycles. The summed E-state index contributed by atoms with van der Waals surface area (Å²) in [4.78, 5) is 4.31. The van der Waals surface area contributed by atoms with Crippen LogP contribution >= 0.6 is 12.4 Å². The van der Waals surface area contributed by atoms with Gasteiger partial charge >= 0.3 is 0 Å². The van der Waals surface area contributed by atoms with Crippen LogP contribution in [-0.2, 0) is 0 Å². The molecule has 1 aromatic heterocycles. The number of hydrogen-bond donors (Lipinski definition) is 1. The highest BCUT2D eigenvalue weighted by Gasteiger charge is 2.18. The van der Waals surface area contributed by atoms with Crippen LogP contribution in [0.4, 0.5) is 0 Å². The van der Waals surface area contributed by atoms with Crippen molar-refractivity contribution in [1.29, 1.82) is 0 Å². The van der Waals surface area contributed by atoms with Crippen LogP contribution in [0.5, 0.6) is 5.75 Å². The second-order valence-corrected chi connectivity index (χ2v) is 4.45. The van der Waals surface area contributed by atoms with Gasteiger partial charge in [-0.1, -0.05) is 19.0 Å². The van der Waals surface area contributed by atoms with Gasteiger partial charge in [-0.25, -0.2) is 0 Å². The van der Waals surface area contributed by atoms with E-state index in [4.69, 9.17) is 15.0 Å². The number of nitrogens with two attached hydrogens (primary N) is 1. The van der Waals surface area contributed by atoms with Gasteiger partial charge in [0.1, 0.15) is 5.75 Å². The Bertz CT molecular complexity index is 511. The van der Waals surface area contributed by atoms with Crippen LogP contribution in [0, 0.1) is 5.92 Å². The van der Waals surface area contributed by atoms with E-state index in [-0.39, 0.29) is 24.4 Å². The molecule has 0 fully saturated rings. The molecule has 0 aliphatic carbocycles. The number of benzene rings is 1. The minimum atomic E-state index is -0.232. The molecular formula is C13H18ClN3O2. The minimum absolute atomic E-state index is 0. The average molecular weight is 284 g/mol. The molecule has 5 nitrogen and oxygen atoms in total. The summed E-state index contributed by atoms with van der Waals surface area (Å²) < 4.78 is 10.3. The highest BCUT2D eigenvalue weighted by molar-refractivity contribution is 5.85. The number of ether oxygens (including phenoxy) is 1. The summed E-state index contributed by atoms with van der Waals surface area (Å²) in [5, 5.41) is 3.94. The summed E-state index contributed by atoms with van der Waals surface area (Å²) >= 11 is 0. The molecule has 2 aromatic rings. The maximum Gasteiger partial charge on any atom is 0.244 e. The maximum absolute atomic E-state index is 5.96. The molecule has 0 spiro atoms. The van der Waals surface area contributed by atoms with E-state index in [9.17, 15) is 0 Å². The molecule has 19 heavy (non-hydrogen) atoms. The standard InChI is InChI=1S/C13H17N3O2.ClH/c1-8(2)11(14)13-15-12(16-18-13)9-4-6-10(17-3)7-5-9;/h4-8,11H,14H2,1-3H3;1H. The van der Waals surface area contributed by atoms with Gasteiger partial charge in [-0.3, -0.25) is 0 Å². The van der Waals surface area contributed by atoms with E-state index in [0.29, 0.717) is 11.7 Å². The molecule has 2 rings (SSSR count). The second-order valence-electron chi connectivity index (χ2n) is 4.45. The highest BCUT2D eigenvalue weighted by atomic mass is 35.5. The van der Waals surface area contributed by atoms with E-state index in [1.54, 1.807) is 7.11 Å². The van der Waals surface area contributed by atoms with Crippen LogP contribution in [0.1, 0.15) is 25.8 Å². The van der Waals surface area contributed by atoms with Gasteiger partial charge in [-0.2, -0.15) is 4.98 Å². The SMILES string of the molecule is COc1ccc(-c2noc(C(N)C(C)C)n2)cc1.Cl. The number of aromatic nitrogens is 2. The Labute approximate surface area is 118 Å². The van der Waals surface area contributed by atoms with E-state index >= 15 is 0 Å². The van der Waals surface area contributed by atoms with Crippen molar-refractivity contribution in [2.75, 3.05) is 7.11 Å². The smallest absolute Gasteiger partial charge is 0.244 e. The van der Waals surface area contributed by atoms with Crippen molar-refractivity contribution in [2.24, 2.45) is 11.7 Å². The molecule has 1 aromatic carbocycles. The Morgan fingerprint density at radius 2 is 1.84 bits per heavy atom. The van der Waals surface area contributed by atoms with Crippen LogP contribution in [0.3, 0.4) is 0 Å². The summed E-state index contributed by atoms with van der Waals surface area (Å²) in [6.45, 7) is 4.03. The van der Waals surface area contributed by atoms with Crippen molar-refractivity contribution in [1.82, 2.24) is 10.1 Å². The number of hydrogen-bond acceptors (Lipinski definition) is 5. The second kappa shape index (κ2) is 6.54. The number of nitrogens with zero attached hydrogens (tertiary/aromatic N) is 2. The van der Waals surface area contributed by atoms with Gasteiger partial charge in [0, 0.05) is 5.56 Å². The number of methoxy groups -OCH3 is 1. The van der Waals surface area contributed by atoms with Crippen LogP contribution in [0.15, 0.2) is 28.8 Å². The fourth-order valence-electron chi connectivity index (χ4n) is 1.51. The van der Waals surface area contributed by atoms with Crippen LogP contribution in [0.2, 0.25) is 0 Å². The molecule has 0 aliphatic rings. The lowest BCUT2D eigenvalue weighted by Gasteiger charge is -2.09. The first-order chi connectivity index (χ1) is 8.61. The monoisotopic (exact) mass is 283 g/mol. The first-order valence-corrected chi connectivity index (χ1v) is 5.85. The van der Waals surface area contributed by atoms with Crippen LogP contribution in [0.25, 0.3) is 11.4 Å². The summed E-state index contributed by atoms with van der Waals surface area (Å²) in [6.07, 6.45) is 0. The fourth-order valence-corrected chi connectivity index (χ4v) is 1.51. The quantitative estimate of drug-likeness (QED) is 0.934. The topological polar surface area (TPSA) is 74.2 Å². The normalized spacial score (nSPS) is 12.1. The van der Waals surface area contributed by atoms with Crippen molar-refractivity contribution in [3.63, 3.8) is 0 Å². The third kappa shape index (κ3) is 3.45. The minimum Gasteiger partial charge on any atom is -0.497 e. The first kappa shape index (κ1) is 15.5. The van der Waals surface area contributed by atoms with Crippen molar-refractivity contribution in [3.05, 3.63) is 30.2 Å². The van der Waals surface area contributed by atoms with Gasteiger partial charge in [0.15, 0.2) is 0 Å². The first-order valence-electron chi connectivity index (χ1n) is 5.85. The molecule has 0 radical (unpaired) electrons. The van der Waals surface area contributed by atoms with Crippen molar-refractivity contribution in [2.45, 2.75) is 19.9 Å². The molecule has 2 N–H and O–H groups in total. The van der Waals surface area contributed by atoms with Crippen molar-refractivity contribution < 1.29 is 9.26 Å². The maximum atomic E-state index is 5.96. The Kier molecular flexibility index (Phi) is 5.32. The number of halogens is 1. The third-order valence-electron chi connectivity index (χ3n) is 2.79. The molecule has 1 heterocycles. The molecule has 1 atom stereocenters. The highest BCUT2D eigenvalue weighted by Crippen LogP contribution is 2.23. The van der Waals surface area contributed by atoms with E-state index in [0.717, 1.165) is 11.3 Å². The zero-order chi connectivity index (χ0) is 13.1. The van der Waals surface area contributed by atoms with E-state index < -0.39 is 0 Å². The summed E-state index contributed by atoms with van der Waals surface area (Å²) in [5.41, 5.74) is 6.84. The van der Waals surface area contributed by atoms with E-state index in [1.165, 1.54) is 0 Å². The van der Waals surface area contributed by atoms with Gasteiger partial charge in [-0.15, -0.1) is 12.4 Å². The molecule has 6 heteroatoms. The van der Waals surface area contributed by atoms with E-state index in [1.807, 2.05) is 38.1 Å². The van der Waals surface area contributed by atoms with Gasteiger partial charge in [-0.05, 0) is 30.2 Å². The molecule has 0 saturated heterocycles. The Morgan fingerprint density at radius 1 is 1.21 bits per heavy atom. The molecular weight excluding hydrogens is 266 g/mol. The molecule has 104 valence electrons. The lowest BCUT2D eigenvalue weighted by atomic mass is 10.1. The summed E-state index contributed by atoms with van der Waals surface area (Å²) in [7, 11) is 1.63. The van der Waals surface area contributed by atoms with Gasteiger partial charge in [0.2, 0.25) is 11.7 Å². The third-order valence-corrected chi connectivity index (χ3v) is 2.79. The van der Waals surface area contributed by atoms with Crippen molar-refractivity contribution in [3.8, 4) is 17.1 Å². The predicted molar refractivity (Wildman–Crippen MR) is 75.3 cm³/mol. The summed E-state index contributed by atoms with van der Waals surface area (Å²) in [6, 6.07) is 7.24. The molecule has 0 saturated carbocycles. The van der Waals surface area contributed by atoms with E-state index in [2.05, 4.69) is 10.1 Å². The Hall–Kier alpha value is -1.59. The molecule has 1 unspecified atom stereocenters. The predicted octanol–water partition coefficient (Wildman–Crippen LogP) is 2.82. The zero-order valence-corrected chi connectivity index (χ0v) is 12.0. The average Bonchev–Trinajstić information content (AvgIpc) is 2.87. The van der Waals surface area contributed by atoms with Crippen LogP contribution in [-0.4, -0.2) is 17.3 Å². The molecule has 0 bridgehead atoms. The Balaban J connectivity index is 0.00000180. The largest absolute Gasteiger partial charge is 0.497 e. The Morgan fingerprint density at radius 3 is 2.37 bits per heavy atom. The number of rotatable bonds is 4. The summed E-state index contributed by atoms with van der Waals surface area (Å²) in [5.74, 6) is 2.06. The fraction of sp³-hybridized carbons (Fsp3) is 0.385. The van der Waals surface area contributed by atoms with Crippen molar-refractivity contribution >= 4 is 12.4 Å². The zero-order valence-electron chi connectivity index (χ0n) is 11.2. The lowest BCUT2D eigenvalue weighted by Crippen LogP contribution is -2.16. The van der Waals surface area contributed by atoms with Gasteiger partial charge in [0.05, 0.1) is 13.2 Å². The molecule has 0 amide bonds. The van der Waals surface area contributed by atoms with Crippen LogP contribution < -0.4 is 10.5 Å².